The molecule has 0 radical (unpaired) electrons. The molecule has 0 aromatic carbocycles. The Kier molecular flexibility index (Phi) is 4.26. The summed E-state index contributed by atoms with van der Waals surface area (Å²) in [7, 11) is 0. The third kappa shape index (κ3) is 3.05. The zero-order chi connectivity index (χ0) is 15.5. The molecule has 1 fully saturated rings. The lowest BCUT2D eigenvalue weighted by molar-refractivity contribution is 0.0737. The Balaban J connectivity index is 1.80. The maximum absolute atomic E-state index is 12.6. The predicted octanol–water partition coefficient (Wildman–Crippen LogP) is 1.95. The second kappa shape index (κ2) is 6.33. The largest absolute Gasteiger partial charge is 0.459 e. The second-order valence-corrected chi connectivity index (χ2v) is 6.33. The van der Waals surface area contributed by atoms with Crippen molar-refractivity contribution in [3.8, 4) is 0 Å². The van der Waals surface area contributed by atoms with Crippen LogP contribution in [0.1, 0.15) is 25.8 Å². The molecule has 2 N–H and O–H groups in total. The molecule has 0 saturated carbocycles. The smallest absolute Gasteiger partial charge is 0.291 e. The van der Waals surface area contributed by atoms with Crippen LogP contribution in [0.25, 0.3) is 0 Å². The first-order valence-corrected chi connectivity index (χ1v) is 7.92. The first-order chi connectivity index (χ1) is 10.6. The highest BCUT2D eigenvalue weighted by atomic mass is 32.1. The molecule has 0 atom stereocenters. The molecule has 0 spiro atoms. The zero-order valence-corrected chi connectivity index (χ0v) is 13.0. The van der Waals surface area contributed by atoms with E-state index in [0.29, 0.717) is 23.7 Å². The second-order valence-electron chi connectivity index (χ2n) is 5.07. The number of piperazine rings is 1. The summed E-state index contributed by atoms with van der Waals surface area (Å²) in [5.41, 5.74) is 0.546. The number of amides is 2. The number of furan rings is 1. The van der Waals surface area contributed by atoms with Gasteiger partial charge >= 0.3 is 0 Å². The van der Waals surface area contributed by atoms with E-state index in [9.17, 15) is 9.59 Å². The lowest BCUT2D eigenvalue weighted by Crippen LogP contribution is -2.46. The van der Waals surface area contributed by atoms with Crippen molar-refractivity contribution in [1.29, 1.82) is 0 Å². The van der Waals surface area contributed by atoms with Crippen molar-refractivity contribution in [2.24, 2.45) is 0 Å². The fourth-order valence-corrected chi connectivity index (χ4v) is 3.28. The average Bonchev–Trinajstić information content (AvgIpc) is 3.17. The number of aryl methyl sites for hydroxylation is 1. The maximum Gasteiger partial charge on any atom is 0.291 e. The minimum Gasteiger partial charge on any atom is -0.459 e. The van der Waals surface area contributed by atoms with Crippen molar-refractivity contribution in [3.05, 3.63) is 40.7 Å². The SMILES string of the molecule is Cc1cc(C(=O)N2CCNCC2)c(NC(=O)c2ccco2)s1. The third-order valence-corrected chi connectivity index (χ3v) is 4.43. The number of hydrogen-bond acceptors (Lipinski definition) is 5. The highest BCUT2D eigenvalue weighted by Gasteiger charge is 2.23. The lowest BCUT2D eigenvalue weighted by Gasteiger charge is -2.27. The number of carbonyl (C=O) groups excluding carboxylic acids is 2. The van der Waals surface area contributed by atoms with Crippen LogP contribution < -0.4 is 10.6 Å². The fraction of sp³-hybridized carbons (Fsp3) is 0.333. The molecule has 22 heavy (non-hydrogen) atoms. The lowest BCUT2D eigenvalue weighted by atomic mass is 10.2. The molecule has 0 unspecified atom stereocenters. The van der Waals surface area contributed by atoms with Crippen molar-refractivity contribution < 1.29 is 14.0 Å². The van der Waals surface area contributed by atoms with Gasteiger partial charge in [0.1, 0.15) is 5.00 Å². The Morgan fingerprint density at radius 1 is 1.36 bits per heavy atom. The van der Waals surface area contributed by atoms with E-state index in [1.54, 1.807) is 17.0 Å². The molecule has 1 aliphatic heterocycles. The number of carbonyl (C=O) groups is 2. The Labute approximate surface area is 132 Å². The third-order valence-electron chi connectivity index (χ3n) is 3.46. The van der Waals surface area contributed by atoms with E-state index in [-0.39, 0.29) is 17.6 Å². The molecule has 3 heterocycles. The normalized spacial score (nSPS) is 14.9. The molecule has 1 aliphatic rings. The van der Waals surface area contributed by atoms with E-state index in [1.165, 1.54) is 17.6 Å². The van der Waals surface area contributed by atoms with E-state index < -0.39 is 0 Å². The van der Waals surface area contributed by atoms with Crippen LogP contribution in [-0.2, 0) is 0 Å². The molecular formula is C15H17N3O3S. The molecule has 3 rings (SSSR count). The van der Waals surface area contributed by atoms with Gasteiger partial charge in [-0.1, -0.05) is 0 Å². The van der Waals surface area contributed by atoms with Crippen LogP contribution in [0, 0.1) is 6.92 Å². The molecule has 6 nitrogen and oxygen atoms in total. The van der Waals surface area contributed by atoms with Gasteiger partial charge in [-0.15, -0.1) is 11.3 Å². The average molecular weight is 319 g/mol. The van der Waals surface area contributed by atoms with Gasteiger partial charge < -0.3 is 20.0 Å². The van der Waals surface area contributed by atoms with Crippen molar-refractivity contribution >= 4 is 28.2 Å². The summed E-state index contributed by atoms with van der Waals surface area (Å²) < 4.78 is 5.08. The van der Waals surface area contributed by atoms with E-state index >= 15 is 0 Å². The molecule has 2 amide bonds. The molecular weight excluding hydrogens is 302 g/mol. The number of hydrogen-bond donors (Lipinski definition) is 2. The minimum atomic E-state index is -0.346. The van der Waals surface area contributed by atoms with Crippen LogP contribution in [0.4, 0.5) is 5.00 Å². The Hall–Kier alpha value is -2.12. The monoisotopic (exact) mass is 319 g/mol. The Morgan fingerprint density at radius 3 is 2.82 bits per heavy atom. The van der Waals surface area contributed by atoms with Crippen LogP contribution >= 0.6 is 11.3 Å². The van der Waals surface area contributed by atoms with Crippen LogP contribution in [0.15, 0.2) is 28.9 Å². The summed E-state index contributed by atoms with van der Waals surface area (Å²) in [6.45, 7) is 4.87. The molecule has 2 aromatic rings. The van der Waals surface area contributed by atoms with Gasteiger partial charge in [0.25, 0.3) is 11.8 Å². The topological polar surface area (TPSA) is 74.6 Å². The summed E-state index contributed by atoms with van der Waals surface area (Å²) in [5, 5.41) is 6.57. The molecule has 2 aromatic heterocycles. The summed E-state index contributed by atoms with van der Waals surface area (Å²) >= 11 is 1.40. The van der Waals surface area contributed by atoms with Gasteiger partial charge in [0.2, 0.25) is 0 Å². The van der Waals surface area contributed by atoms with Crippen LogP contribution in [-0.4, -0.2) is 42.9 Å². The first-order valence-electron chi connectivity index (χ1n) is 7.10. The van der Waals surface area contributed by atoms with Gasteiger partial charge in [0.05, 0.1) is 11.8 Å². The minimum absolute atomic E-state index is 0.0411. The van der Waals surface area contributed by atoms with Gasteiger partial charge in [0.15, 0.2) is 5.76 Å². The van der Waals surface area contributed by atoms with Gasteiger partial charge in [-0.05, 0) is 25.1 Å². The van der Waals surface area contributed by atoms with Crippen LogP contribution in [0.2, 0.25) is 0 Å². The van der Waals surface area contributed by atoms with E-state index in [4.69, 9.17) is 4.42 Å². The molecule has 7 heteroatoms. The summed E-state index contributed by atoms with van der Waals surface area (Å²) in [4.78, 5) is 27.5. The highest BCUT2D eigenvalue weighted by molar-refractivity contribution is 7.16. The van der Waals surface area contributed by atoms with E-state index in [0.717, 1.165) is 18.0 Å². The van der Waals surface area contributed by atoms with Crippen molar-refractivity contribution in [2.75, 3.05) is 31.5 Å². The van der Waals surface area contributed by atoms with Crippen LogP contribution in [0.3, 0.4) is 0 Å². The van der Waals surface area contributed by atoms with Crippen molar-refractivity contribution in [1.82, 2.24) is 10.2 Å². The van der Waals surface area contributed by atoms with E-state index in [1.807, 2.05) is 13.0 Å². The molecule has 1 saturated heterocycles. The summed E-state index contributed by atoms with van der Waals surface area (Å²) in [5.74, 6) is -0.159. The summed E-state index contributed by atoms with van der Waals surface area (Å²) in [6, 6.07) is 5.07. The number of anilines is 1. The van der Waals surface area contributed by atoms with Gasteiger partial charge in [0, 0.05) is 31.1 Å². The summed E-state index contributed by atoms with van der Waals surface area (Å²) in [6.07, 6.45) is 1.45. The number of nitrogens with one attached hydrogen (secondary N) is 2. The first kappa shape index (κ1) is 14.8. The van der Waals surface area contributed by atoms with Crippen molar-refractivity contribution in [3.63, 3.8) is 0 Å². The molecule has 0 bridgehead atoms. The number of rotatable bonds is 3. The number of nitrogens with zero attached hydrogens (tertiary/aromatic N) is 1. The Morgan fingerprint density at radius 2 is 2.14 bits per heavy atom. The van der Waals surface area contributed by atoms with Gasteiger partial charge in [-0.25, -0.2) is 0 Å². The number of thiophene rings is 1. The predicted molar refractivity (Wildman–Crippen MR) is 84.5 cm³/mol. The maximum atomic E-state index is 12.6. The fourth-order valence-electron chi connectivity index (χ4n) is 2.38. The van der Waals surface area contributed by atoms with Crippen molar-refractivity contribution in [2.45, 2.75) is 6.92 Å². The molecule has 0 aliphatic carbocycles. The van der Waals surface area contributed by atoms with Crippen LogP contribution in [0.5, 0.6) is 0 Å². The zero-order valence-electron chi connectivity index (χ0n) is 12.2. The van der Waals surface area contributed by atoms with Gasteiger partial charge in [-0.2, -0.15) is 0 Å². The molecule has 116 valence electrons. The standard InChI is InChI=1S/C15H17N3O3S/c1-10-9-11(15(20)18-6-4-16-5-7-18)14(22-10)17-13(19)12-3-2-8-21-12/h2-3,8-9,16H,4-7H2,1H3,(H,17,19). The van der Waals surface area contributed by atoms with E-state index in [2.05, 4.69) is 10.6 Å². The Bertz CT molecular complexity index is 672. The van der Waals surface area contributed by atoms with Gasteiger partial charge in [-0.3, -0.25) is 9.59 Å². The quantitative estimate of drug-likeness (QED) is 0.907. The highest BCUT2D eigenvalue weighted by Crippen LogP contribution is 2.29.